The number of anilines is 2. The van der Waals surface area contributed by atoms with Gasteiger partial charge in [0.25, 0.3) is 5.91 Å². The summed E-state index contributed by atoms with van der Waals surface area (Å²) in [4.78, 5) is 27.5. The first-order chi connectivity index (χ1) is 10.5. The second-order valence-corrected chi connectivity index (χ2v) is 5.70. The van der Waals surface area contributed by atoms with Gasteiger partial charge in [0, 0.05) is 11.6 Å². The van der Waals surface area contributed by atoms with Crippen LogP contribution in [-0.2, 0) is 4.79 Å². The van der Waals surface area contributed by atoms with E-state index in [-0.39, 0.29) is 23.5 Å². The fourth-order valence-corrected chi connectivity index (χ4v) is 2.06. The molecule has 0 radical (unpaired) electrons. The van der Waals surface area contributed by atoms with E-state index in [0.717, 1.165) is 12.8 Å². The Kier molecular flexibility index (Phi) is 4.04. The lowest BCUT2D eigenvalue weighted by Crippen LogP contribution is -2.15. The SMILES string of the molecule is O=C(Nc1ccc(Cl)c(Cl)c1)c1coc(NC(=O)C2CC2)n1. The number of rotatable bonds is 4. The van der Waals surface area contributed by atoms with Crippen molar-refractivity contribution in [2.24, 2.45) is 5.92 Å². The molecule has 1 aliphatic rings. The van der Waals surface area contributed by atoms with Crippen LogP contribution in [-0.4, -0.2) is 16.8 Å². The first kappa shape index (κ1) is 14.9. The molecule has 2 N–H and O–H groups in total. The van der Waals surface area contributed by atoms with Crippen molar-refractivity contribution >= 4 is 46.7 Å². The van der Waals surface area contributed by atoms with Gasteiger partial charge in [-0.3, -0.25) is 14.9 Å². The Morgan fingerprint density at radius 3 is 2.64 bits per heavy atom. The minimum Gasteiger partial charge on any atom is -0.431 e. The molecule has 2 aromatic rings. The Morgan fingerprint density at radius 1 is 1.18 bits per heavy atom. The zero-order chi connectivity index (χ0) is 15.7. The van der Waals surface area contributed by atoms with Crippen molar-refractivity contribution in [2.45, 2.75) is 12.8 Å². The summed E-state index contributed by atoms with van der Waals surface area (Å²) >= 11 is 11.7. The summed E-state index contributed by atoms with van der Waals surface area (Å²) in [7, 11) is 0. The van der Waals surface area contributed by atoms with Crippen LogP contribution in [0.1, 0.15) is 23.3 Å². The van der Waals surface area contributed by atoms with Crippen molar-refractivity contribution in [3.05, 3.63) is 40.2 Å². The number of carbonyl (C=O) groups excluding carboxylic acids is 2. The molecule has 0 unspecified atom stereocenters. The van der Waals surface area contributed by atoms with Gasteiger partial charge >= 0.3 is 6.01 Å². The van der Waals surface area contributed by atoms with Crippen LogP contribution in [0.25, 0.3) is 0 Å². The summed E-state index contributed by atoms with van der Waals surface area (Å²) < 4.78 is 5.06. The van der Waals surface area contributed by atoms with E-state index in [1.807, 2.05) is 0 Å². The normalized spacial score (nSPS) is 13.7. The molecule has 1 aliphatic carbocycles. The Bertz CT molecular complexity index is 741. The topological polar surface area (TPSA) is 84.2 Å². The molecule has 0 bridgehead atoms. The van der Waals surface area contributed by atoms with Gasteiger partial charge in [0.2, 0.25) is 5.91 Å². The molecule has 22 heavy (non-hydrogen) atoms. The van der Waals surface area contributed by atoms with Gasteiger partial charge < -0.3 is 9.73 Å². The van der Waals surface area contributed by atoms with Gasteiger partial charge in [-0.25, -0.2) is 0 Å². The van der Waals surface area contributed by atoms with Crippen LogP contribution < -0.4 is 10.6 Å². The standard InChI is InChI=1S/C14H11Cl2N3O3/c15-9-4-3-8(5-10(9)16)17-13(21)11-6-22-14(18-11)19-12(20)7-1-2-7/h3-7H,1-2H2,(H,17,21)(H,18,19,20). The number of oxazole rings is 1. The summed E-state index contributed by atoms with van der Waals surface area (Å²) in [6.07, 6.45) is 2.92. The molecule has 6 nitrogen and oxygen atoms in total. The van der Waals surface area contributed by atoms with Gasteiger partial charge in [-0.05, 0) is 31.0 Å². The predicted molar refractivity (Wildman–Crippen MR) is 82.3 cm³/mol. The van der Waals surface area contributed by atoms with E-state index in [9.17, 15) is 9.59 Å². The van der Waals surface area contributed by atoms with E-state index in [1.165, 1.54) is 12.3 Å². The van der Waals surface area contributed by atoms with E-state index in [4.69, 9.17) is 27.6 Å². The average Bonchev–Trinajstić information content (AvgIpc) is 3.23. The molecule has 1 aromatic carbocycles. The van der Waals surface area contributed by atoms with E-state index in [0.29, 0.717) is 15.7 Å². The van der Waals surface area contributed by atoms with E-state index >= 15 is 0 Å². The lowest BCUT2D eigenvalue weighted by Gasteiger charge is -2.04. The van der Waals surface area contributed by atoms with Gasteiger partial charge in [0.05, 0.1) is 10.0 Å². The Hall–Kier alpha value is -2.05. The van der Waals surface area contributed by atoms with Crippen LogP contribution in [0.4, 0.5) is 11.7 Å². The Morgan fingerprint density at radius 2 is 1.95 bits per heavy atom. The number of aromatic nitrogens is 1. The van der Waals surface area contributed by atoms with Gasteiger partial charge in [-0.15, -0.1) is 0 Å². The average molecular weight is 340 g/mol. The zero-order valence-corrected chi connectivity index (χ0v) is 12.7. The molecule has 3 rings (SSSR count). The zero-order valence-electron chi connectivity index (χ0n) is 11.2. The molecule has 0 spiro atoms. The molecule has 0 aliphatic heterocycles. The Balaban J connectivity index is 1.65. The molecule has 0 atom stereocenters. The maximum absolute atomic E-state index is 12.0. The van der Waals surface area contributed by atoms with Crippen molar-refractivity contribution in [2.75, 3.05) is 10.6 Å². The quantitative estimate of drug-likeness (QED) is 0.891. The molecule has 8 heteroatoms. The third kappa shape index (κ3) is 3.40. The van der Waals surface area contributed by atoms with Crippen molar-refractivity contribution in [1.82, 2.24) is 4.98 Å². The van der Waals surface area contributed by atoms with Crippen molar-refractivity contribution in [3.63, 3.8) is 0 Å². The number of benzene rings is 1. The summed E-state index contributed by atoms with van der Waals surface area (Å²) in [5.41, 5.74) is 0.531. The second-order valence-electron chi connectivity index (χ2n) is 4.88. The van der Waals surface area contributed by atoms with Crippen LogP contribution in [0.3, 0.4) is 0 Å². The molecule has 2 amide bonds. The van der Waals surface area contributed by atoms with Crippen LogP contribution in [0.5, 0.6) is 0 Å². The van der Waals surface area contributed by atoms with Crippen LogP contribution >= 0.6 is 23.2 Å². The molecule has 1 heterocycles. The summed E-state index contributed by atoms with van der Waals surface area (Å²) in [6.45, 7) is 0. The largest absolute Gasteiger partial charge is 0.431 e. The van der Waals surface area contributed by atoms with Crippen molar-refractivity contribution in [1.29, 1.82) is 0 Å². The highest BCUT2D eigenvalue weighted by molar-refractivity contribution is 6.42. The third-order valence-electron chi connectivity index (χ3n) is 3.09. The van der Waals surface area contributed by atoms with E-state index in [1.54, 1.807) is 12.1 Å². The summed E-state index contributed by atoms with van der Waals surface area (Å²) in [5, 5.41) is 5.86. The Labute approximate surface area is 135 Å². The third-order valence-corrected chi connectivity index (χ3v) is 3.83. The fourth-order valence-electron chi connectivity index (χ4n) is 1.76. The smallest absolute Gasteiger partial charge is 0.302 e. The summed E-state index contributed by atoms with van der Waals surface area (Å²) in [6, 6.07) is 4.72. The van der Waals surface area contributed by atoms with Gasteiger partial charge in [-0.2, -0.15) is 4.98 Å². The highest BCUT2D eigenvalue weighted by atomic mass is 35.5. The lowest BCUT2D eigenvalue weighted by atomic mass is 10.3. The number of halogens is 2. The number of nitrogens with one attached hydrogen (secondary N) is 2. The summed E-state index contributed by atoms with van der Waals surface area (Å²) in [5.74, 6) is -0.590. The number of hydrogen-bond acceptors (Lipinski definition) is 4. The highest BCUT2D eigenvalue weighted by Gasteiger charge is 2.30. The maximum Gasteiger partial charge on any atom is 0.302 e. The van der Waals surface area contributed by atoms with Gasteiger partial charge in [0.1, 0.15) is 6.26 Å². The molecule has 1 saturated carbocycles. The molecule has 0 saturated heterocycles. The molecule has 1 fully saturated rings. The van der Waals surface area contributed by atoms with Gasteiger partial charge in [-0.1, -0.05) is 23.2 Å². The molecular formula is C14H11Cl2N3O3. The first-order valence-electron chi connectivity index (χ1n) is 6.56. The van der Waals surface area contributed by atoms with Gasteiger partial charge in [0.15, 0.2) is 5.69 Å². The number of nitrogens with zero attached hydrogens (tertiary/aromatic N) is 1. The van der Waals surface area contributed by atoms with Crippen LogP contribution in [0, 0.1) is 5.92 Å². The van der Waals surface area contributed by atoms with E-state index < -0.39 is 5.91 Å². The first-order valence-corrected chi connectivity index (χ1v) is 7.31. The number of carbonyl (C=O) groups is 2. The van der Waals surface area contributed by atoms with Crippen molar-refractivity contribution < 1.29 is 14.0 Å². The fraction of sp³-hybridized carbons (Fsp3) is 0.214. The predicted octanol–water partition coefficient (Wildman–Crippen LogP) is 3.58. The van der Waals surface area contributed by atoms with Crippen LogP contribution in [0.15, 0.2) is 28.9 Å². The van der Waals surface area contributed by atoms with E-state index in [2.05, 4.69) is 15.6 Å². The minimum atomic E-state index is -0.478. The van der Waals surface area contributed by atoms with Crippen molar-refractivity contribution in [3.8, 4) is 0 Å². The number of amides is 2. The molecule has 1 aromatic heterocycles. The molecule has 114 valence electrons. The monoisotopic (exact) mass is 339 g/mol. The van der Waals surface area contributed by atoms with Crippen LogP contribution in [0.2, 0.25) is 10.0 Å². The highest BCUT2D eigenvalue weighted by Crippen LogP contribution is 2.30. The maximum atomic E-state index is 12.0. The number of hydrogen-bond donors (Lipinski definition) is 2. The molecular weight excluding hydrogens is 329 g/mol. The minimum absolute atomic E-state index is 0.0104. The lowest BCUT2D eigenvalue weighted by molar-refractivity contribution is -0.117. The second kappa shape index (κ2) is 5.98.